The highest BCUT2D eigenvalue weighted by molar-refractivity contribution is 5.69. The Balaban J connectivity index is 2.58. The van der Waals surface area contributed by atoms with Gasteiger partial charge in [0.1, 0.15) is 17.6 Å². The molecule has 0 saturated heterocycles. The van der Waals surface area contributed by atoms with E-state index in [1.807, 2.05) is 25.8 Å². The van der Waals surface area contributed by atoms with Gasteiger partial charge in [-0.2, -0.15) is 0 Å². The minimum absolute atomic E-state index is 0.208. The molecule has 1 atom stereocenters. The molecule has 1 aromatic heterocycles. The van der Waals surface area contributed by atoms with E-state index >= 15 is 0 Å². The second-order valence-electron chi connectivity index (χ2n) is 3.35. The smallest absolute Gasteiger partial charge is 0.167 e. The van der Waals surface area contributed by atoms with E-state index in [1.165, 1.54) is 0 Å². The van der Waals surface area contributed by atoms with Crippen molar-refractivity contribution >= 4 is 12.0 Å². The van der Waals surface area contributed by atoms with E-state index in [9.17, 15) is 0 Å². The molecule has 0 bridgehead atoms. The van der Waals surface area contributed by atoms with E-state index in [1.54, 1.807) is 6.34 Å². The molecule has 13 heavy (non-hydrogen) atoms. The van der Waals surface area contributed by atoms with Gasteiger partial charge in [-0.05, 0) is 13.8 Å². The highest BCUT2D eigenvalue weighted by Gasteiger charge is 2.25. The first-order chi connectivity index (χ1) is 6.11. The molecular formula is C9H13N3O. The molecule has 1 unspecified atom stereocenters. The highest BCUT2D eigenvalue weighted by atomic mass is 16.3. The van der Waals surface area contributed by atoms with Crippen LogP contribution < -0.4 is 5.73 Å². The van der Waals surface area contributed by atoms with Crippen LogP contribution in [-0.2, 0) is 0 Å². The zero-order valence-corrected chi connectivity index (χ0v) is 8.03. The first-order valence-electron chi connectivity index (χ1n) is 4.23. The topological polar surface area (TPSA) is 54.8 Å². The van der Waals surface area contributed by atoms with Crippen LogP contribution in [0.5, 0.6) is 0 Å². The van der Waals surface area contributed by atoms with E-state index in [4.69, 9.17) is 10.2 Å². The molecule has 2 heterocycles. The van der Waals surface area contributed by atoms with Gasteiger partial charge in [-0.15, -0.1) is 0 Å². The van der Waals surface area contributed by atoms with Crippen LogP contribution in [0.2, 0.25) is 0 Å². The van der Waals surface area contributed by atoms with Crippen LogP contribution in [0.25, 0.3) is 0 Å². The molecule has 0 aromatic carbocycles. The van der Waals surface area contributed by atoms with Crippen LogP contribution in [0.4, 0.5) is 5.69 Å². The van der Waals surface area contributed by atoms with Gasteiger partial charge in [0, 0.05) is 12.6 Å². The predicted molar refractivity (Wildman–Crippen MR) is 51.0 cm³/mol. The number of rotatable bonds is 0. The number of aryl methyl sites for hydroxylation is 1. The molecule has 2 N–H and O–H groups in total. The zero-order valence-electron chi connectivity index (χ0n) is 8.03. The molecule has 0 aliphatic carbocycles. The van der Waals surface area contributed by atoms with Gasteiger partial charge in [0.15, 0.2) is 5.76 Å². The predicted octanol–water partition coefficient (Wildman–Crippen LogP) is 1.46. The molecule has 1 aliphatic heterocycles. The molecule has 1 aromatic rings. The number of furan rings is 1. The Hall–Kier alpha value is -1.29. The van der Waals surface area contributed by atoms with Crippen LogP contribution in [0.3, 0.4) is 0 Å². The van der Waals surface area contributed by atoms with Gasteiger partial charge in [-0.1, -0.05) is 0 Å². The largest absolute Gasteiger partial charge is 0.460 e. The van der Waals surface area contributed by atoms with E-state index in [2.05, 4.69) is 4.99 Å². The van der Waals surface area contributed by atoms with Crippen molar-refractivity contribution in [2.75, 3.05) is 7.05 Å². The molecule has 0 spiro atoms. The van der Waals surface area contributed by atoms with Crippen LogP contribution >= 0.6 is 0 Å². The lowest BCUT2D eigenvalue weighted by Crippen LogP contribution is -2.31. The molecule has 0 amide bonds. The summed E-state index contributed by atoms with van der Waals surface area (Å²) in [5.41, 5.74) is 7.88. The normalized spacial score (nSPS) is 20.6. The molecule has 1 aliphatic rings. The van der Waals surface area contributed by atoms with E-state index in [0.29, 0.717) is 0 Å². The lowest BCUT2D eigenvalue weighted by Gasteiger charge is -2.23. The minimum atomic E-state index is -0.208. The van der Waals surface area contributed by atoms with Crippen LogP contribution in [0.1, 0.15) is 23.2 Å². The maximum absolute atomic E-state index is 5.91. The average molecular weight is 179 g/mol. The van der Waals surface area contributed by atoms with Crippen molar-refractivity contribution in [1.29, 1.82) is 0 Å². The number of fused-ring (bicyclic) bond motifs is 1. The Morgan fingerprint density at radius 3 is 2.92 bits per heavy atom. The summed E-state index contributed by atoms with van der Waals surface area (Å²) in [6, 6.07) is 0. The molecule has 0 fully saturated rings. The number of aliphatic imine (C=N–C) groups is 1. The summed E-state index contributed by atoms with van der Waals surface area (Å²) in [7, 11) is 1.88. The third kappa shape index (κ3) is 1.06. The fraction of sp³-hybridized carbons (Fsp3) is 0.444. The molecule has 4 heteroatoms. The van der Waals surface area contributed by atoms with Crippen LogP contribution in [0.15, 0.2) is 9.41 Å². The maximum atomic E-state index is 5.91. The first kappa shape index (κ1) is 8.31. The van der Waals surface area contributed by atoms with Gasteiger partial charge in [0.05, 0.1) is 6.34 Å². The molecule has 2 rings (SSSR count). The Bertz CT molecular complexity index is 367. The van der Waals surface area contributed by atoms with Crippen molar-refractivity contribution in [3.05, 3.63) is 17.1 Å². The maximum Gasteiger partial charge on any atom is 0.167 e. The standard InChI is InChI=1S/C9H13N3O/c1-5-6(2)13-8-7(5)11-4-12(3)9(8)10/h4,9H,10H2,1-3H3. The van der Waals surface area contributed by atoms with E-state index in [-0.39, 0.29) is 6.17 Å². The van der Waals surface area contributed by atoms with Gasteiger partial charge in [-0.25, -0.2) is 4.99 Å². The van der Waals surface area contributed by atoms with Gasteiger partial charge in [0.25, 0.3) is 0 Å². The summed E-state index contributed by atoms with van der Waals surface area (Å²) in [5.74, 6) is 1.66. The fourth-order valence-electron chi connectivity index (χ4n) is 1.41. The summed E-state index contributed by atoms with van der Waals surface area (Å²) in [4.78, 5) is 6.10. The highest BCUT2D eigenvalue weighted by Crippen LogP contribution is 2.36. The average Bonchev–Trinajstić information content (AvgIpc) is 2.38. The van der Waals surface area contributed by atoms with Gasteiger partial charge in [-0.3, -0.25) is 0 Å². The van der Waals surface area contributed by atoms with Crippen molar-refractivity contribution in [1.82, 2.24) is 4.90 Å². The van der Waals surface area contributed by atoms with Crippen molar-refractivity contribution in [2.45, 2.75) is 20.0 Å². The number of hydrogen-bond acceptors (Lipinski definition) is 4. The molecule has 70 valence electrons. The first-order valence-corrected chi connectivity index (χ1v) is 4.23. The summed E-state index contributed by atoms with van der Waals surface area (Å²) < 4.78 is 5.54. The van der Waals surface area contributed by atoms with Crippen molar-refractivity contribution < 1.29 is 4.42 Å². The Kier molecular flexibility index (Phi) is 1.66. The Morgan fingerprint density at radius 1 is 1.54 bits per heavy atom. The minimum Gasteiger partial charge on any atom is -0.460 e. The van der Waals surface area contributed by atoms with Crippen molar-refractivity contribution in [2.24, 2.45) is 10.7 Å². The Labute approximate surface area is 77.0 Å². The lowest BCUT2D eigenvalue weighted by molar-refractivity contribution is 0.319. The monoisotopic (exact) mass is 179 g/mol. The van der Waals surface area contributed by atoms with Crippen molar-refractivity contribution in [3.8, 4) is 0 Å². The van der Waals surface area contributed by atoms with Gasteiger partial charge >= 0.3 is 0 Å². The zero-order chi connectivity index (χ0) is 9.59. The van der Waals surface area contributed by atoms with E-state index in [0.717, 1.165) is 22.8 Å². The third-order valence-electron chi connectivity index (χ3n) is 2.46. The van der Waals surface area contributed by atoms with Gasteiger partial charge in [0.2, 0.25) is 0 Å². The summed E-state index contributed by atoms with van der Waals surface area (Å²) in [6.07, 6.45) is 1.52. The lowest BCUT2D eigenvalue weighted by atomic mass is 10.2. The molecule has 4 nitrogen and oxygen atoms in total. The van der Waals surface area contributed by atoms with E-state index < -0.39 is 0 Å². The molecule has 0 radical (unpaired) electrons. The Morgan fingerprint density at radius 2 is 2.23 bits per heavy atom. The van der Waals surface area contributed by atoms with Crippen molar-refractivity contribution in [3.63, 3.8) is 0 Å². The van der Waals surface area contributed by atoms with Crippen LogP contribution in [0, 0.1) is 13.8 Å². The SMILES string of the molecule is Cc1oc2c(c1C)N=CN(C)C2N. The fourth-order valence-corrected chi connectivity index (χ4v) is 1.41. The summed E-state index contributed by atoms with van der Waals surface area (Å²) in [6.45, 7) is 3.92. The quantitative estimate of drug-likeness (QED) is 0.656. The van der Waals surface area contributed by atoms with Gasteiger partial charge < -0.3 is 15.1 Å². The number of nitrogens with two attached hydrogens (primary N) is 1. The summed E-state index contributed by atoms with van der Waals surface area (Å²) in [5, 5.41) is 0. The second-order valence-corrected chi connectivity index (χ2v) is 3.35. The van der Waals surface area contributed by atoms with Crippen LogP contribution in [-0.4, -0.2) is 18.3 Å². The molecular weight excluding hydrogens is 166 g/mol. The number of hydrogen-bond donors (Lipinski definition) is 1. The second kappa shape index (κ2) is 2.60. The number of nitrogens with zero attached hydrogens (tertiary/aromatic N) is 2. The molecule has 0 saturated carbocycles. The third-order valence-corrected chi connectivity index (χ3v) is 2.46. The summed E-state index contributed by atoms with van der Waals surface area (Å²) >= 11 is 0.